The van der Waals surface area contributed by atoms with E-state index in [1.54, 1.807) is 24.3 Å². The first kappa shape index (κ1) is 16.0. The van der Waals surface area contributed by atoms with Crippen molar-refractivity contribution in [1.82, 2.24) is 0 Å². The molecule has 0 saturated carbocycles. The van der Waals surface area contributed by atoms with Gasteiger partial charge in [-0.15, -0.1) is 0 Å². The molecular weight excluding hydrogens is 357 g/mol. The first-order valence-electron chi connectivity index (χ1n) is 6.36. The van der Waals surface area contributed by atoms with Gasteiger partial charge in [0.05, 0.1) is 28.1 Å². The van der Waals surface area contributed by atoms with Crippen molar-refractivity contribution in [3.05, 3.63) is 52.3 Å². The number of halogens is 2. The lowest BCUT2D eigenvalue weighted by molar-refractivity contribution is 0.339. The van der Waals surface area contributed by atoms with Crippen LogP contribution in [-0.4, -0.2) is 10.8 Å². The fourth-order valence-corrected chi connectivity index (χ4v) is 3.77. The zero-order valence-corrected chi connectivity index (χ0v) is 13.8. The Morgan fingerprint density at radius 3 is 2.71 bits per heavy atom. The predicted octanol–water partition coefficient (Wildman–Crippen LogP) is 3.88. The fraction of sp³-hybridized carbons (Fsp3) is 0.200. The molecule has 2 aromatic rings. The van der Waals surface area contributed by atoms with Gasteiger partial charge in [-0.25, -0.2) is 4.39 Å². The summed E-state index contributed by atoms with van der Waals surface area (Å²) in [7, 11) is -1.33. The smallest absolute Gasteiger partial charge is 0.124 e. The number of ether oxygens (including phenoxy) is 1. The molecule has 0 aliphatic heterocycles. The number of anilines is 1. The average molecular weight is 372 g/mol. The molecule has 1 atom stereocenters. The molecule has 0 aliphatic rings. The van der Waals surface area contributed by atoms with Crippen molar-refractivity contribution in [2.24, 2.45) is 0 Å². The molecule has 0 amide bonds. The van der Waals surface area contributed by atoms with Crippen LogP contribution < -0.4 is 10.5 Å². The van der Waals surface area contributed by atoms with Crippen molar-refractivity contribution in [1.29, 1.82) is 0 Å². The Balaban J connectivity index is 2.25. The van der Waals surface area contributed by atoms with Crippen molar-refractivity contribution in [2.45, 2.75) is 17.6 Å². The third-order valence-corrected chi connectivity index (χ3v) is 5.00. The van der Waals surface area contributed by atoms with E-state index in [1.807, 2.05) is 6.92 Å². The maximum absolute atomic E-state index is 13.1. The number of hydrogen-bond acceptors (Lipinski definition) is 3. The summed E-state index contributed by atoms with van der Waals surface area (Å²) in [6, 6.07) is 9.42. The Kier molecular flexibility index (Phi) is 5.36. The topological polar surface area (TPSA) is 52.3 Å². The van der Waals surface area contributed by atoms with Gasteiger partial charge in [0.1, 0.15) is 11.6 Å². The van der Waals surface area contributed by atoms with Crippen LogP contribution in [0.15, 0.2) is 45.8 Å². The summed E-state index contributed by atoms with van der Waals surface area (Å²) in [6.45, 7) is 2.40. The molecule has 0 heterocycles. The van der Waals surface area contributed by atoms with Crippen molar-refractivity contribution in [3.8, 4) is 5.75 Å². The summed E-state index contributed by atoms with van der Waals surface area (Å²) >= 11 is 3.28. The molecule has 0 aromatic heterocycles. The first-order chi connectivity index (χ1) is 10.0. The van der Waals surface area contributed by atoms with Gasteiger partial charge >= 0.3 is 0 Å². The van der Waals surface area contributed by atoms with Gasteiger partial charge in [0.2, 0.25) is 0 Å². The molecule has 3 nitrogen and oxygen atoms in total. The maximum atomic E-state index is 13.1. The summed E-state index contributed by atoms with van der Waals surface area (Å²) in [5.41, 5.74) is 7.10. The molecule has 2 aromatic carbocycles. The lowest BCUT2D eigenvalue weighted by atomic mass is 10.2. The molecule has 2 N–H and O–H groups in total. The molecule has 0 bridgehead atoms. The van der Waals surface area contributed by atoms with Gasteiger partial charge in [-0.2, -0.15) is 0 Å². The summed E-state index contributed by atoms with van der Waals surface area (Å²) in [5.74, 6) is 0.545. The third kappa shape index (κ3) is 4.04. The van der Waals surface area contributed by atoms with Gasteiger partial charge in [-0.3, -0.25) is 4.21 Å². The highest BCUT2D eigenvalue weighted by atomic mass is 79.9. The second-order valence-corrected chi connectivity index (χ2v) is 6.63. The molecule has 0 radical (unpaired) electrons. The van der Waals surface area contributed by atoms with E-state index in [0.29, 0.717) is 27.4 Å². The average Bonchev–Trinajstić information content (AvgIpc) is 2.44. The SMILES string of the molecule is CCOc1ccc(N)c(S(=O)Cc2ccc(F)cc2Br)c1. The molecule has 2 rings (SSSR count). The Hall–Kier alpha value is -1.40. The number of benzene rings is 2. The Bertz CT molecular complexity index is 679. The minimum atomic E-state index is -1.33. The van der Waals surface area contributed by atoms with Gasteiger partial charge in [0.15, 0.2) is 0 Å². The molecular formula is C15H15BrFNO2S. The number of hydrogen-bond donors (Lipinski definition) is 1. The van der Waals surface area contributed by atoms with Crippen LogP contribution in [0.2, 0.25) is 0 Å². The standard InChI is InChI=1S/C15H15BrFNO2S/c1-2-20-12-5-6-14(18)15(8-12)21(19)9-10-3-4-11(17)7-13(10)16/h3-8H,2,9,18H2,1H3. The maximum Gasteiger partial charge on any atom is 0.124 e. The third-order valence-electron chi connectivity index (χ3n) is 2.84. The van der Waals surface area contributed by atoms with Crippen molar-refractivity contribution >= 4 is 32.4 Å². The number of nitrogen functional groups attached to an aromatic ring is 1. The zero-order chi connectivity index (χ0) is 15.4. The second-order valence-electron chi connectivity index (χ2n) is 4.36. The van der Waals surface area contributed by atoms with Gasteiger partial charge in [-0.1, -0.05) is 22.0 Å². The van der Waals surface area contributed by atoms with E-state index in [0.717, 1.165) is 5.56 Å². The van der Waals surface area contributed by atoms with E-state index in [-0.39, 0.29) is 11.6 Å². The quantitative estimate of drug-likeness (QED) is 0.811. The first-order valence-corrected chi connectivity index (χ1v) is 8.47. The summed E-state index contributed by atoms with van der Waals surface area (Å²) in [4.78, 5) is 0.525. The van der Waals surface area contributed by atoms with Gasteiger partial charge < -0.3 is 10.5 Å². The lowest BCUT2D eigenvalue weighted by Crippen LogP contribution is -2.03. The molecule has 112 valence electrons. The fourth-order valence-electron chi connectivity index (χ4n) is 1.83. The van der Waals surface area contributed by atoms with Crippen molar-refractivity contribution in [2.75, 3.05) is 12.3 Å². The summed E-state index contributed by atoms with van der Waals surface area (Å²) in [5, 5.41) is 0. The van der Waals surface area contributed by atoms with Crippen LogP contribution in [0.25, 0.3) is 0 Å². The highest BCUT2D eigenvalue weighted by Crippen LogP contribution is 2.27. The van der Waals surface area contributed by atoms with Crippen molar-refractivity contribution in [3.63, 3.8) is 0 Å². The molecule has 0 fully saturated rings. The van der Waals surface area contributed by atoms with Crippen LogP contribution >= 0.6 is 15.9 Å². The van der Waals surface area contributed by atoms with Crippen LogP contribution in [0.4, 0.5) is 10.1 Å². The van der Waals surface area contributed by atoms with Gasteiger partial charge in [0, 0.05) is 10.2 Å². The molecule has 0 saturated heterocycles. The molecule has 0 aliphatic carbocycles. The van der Waals surface area contributed by atoms with E-state index in [1.165, 1.54) is 12.1 Å². The van der Waals surface area contributed by atoms with Crippen LogP contribution in [0.1, 0.15) is 12.5 Å². The second kappa shape index (κ2) is 7.04. The van der Waals surface area contributed by atoms with Gasteiger partial charge in [-0.05, 0) is 42.8 Å². The Morgan fingerprint density at radius 2 is 2.05 bits per heavy atom. The predicted molar refractivity (Wildman–Crippen MR) is 86.2 cm³/mol. The van der Waals surface area contributed by atoms with E-state index in [4.69, 9.17) is 10.5 Å². The van der Waals surface area contributed by atoms with Crippen LogP contribution in [-0.2, 0) is 16.6 Å². The number of rotatable bonds is 5. The monoisotopic (exact) mass is 371 g/mol. The number of nitrogens with two attached hydrogens (primary N) is 1. The van der Waals surface area contributed by atoms with Crippen LogP contribution in [0.3, 0.4) is 0 Å². The highest BCUT2D eigenvalue weighted by molar-refractivity contribution is 9.10. The van der Waals surface area contributed by atoms with E-state index in [2.05, 4.69) is 15.9 Å². The van der Waals surface area contributed by atoms with E-state index < -0.39 is 10.8 Å². The lowest BCUT2D eigenvalue weighted by Gasteiger charge is -2.10. The normalized spacial score (nSPS) is 12.1. The van der Waals surface area contributed by atoms with Crippen LogP contribution in [0.5, 0.6) is 5.75 Å². The van der Waals surface area contributed by atoms with E-state index in [9.17, 15) is 8.60 Å². The molecule has 0 spiro atoms. The van der Waals surface area contributed by atoms with E-state index >= 15 is 0 Å². The van der Waals surface area contributed by atoms with Crippen LogP contribution in [0, 0.1) is 5.82 Å². The minimum Gasteiger partial charge on any atom is -0.494 e. The Morgan fingerprint density at radius 1 is 1.29 bits per heavy atom. The van der Waals surface area contributed by atoms with Gasteiger partial charge in [0.25, 0.3) is 0 Å². The van der Waals surface area contributed by atoms with Crippen molar-refractivity contribution < 1.29 is 13.3 Å². The molecule has 1 unspecified atom stereocenters. The molecule has 6 heteroatoms. The Labute approximate surface area is 133 Å². The zero-order valence-electron chi connectivity index (χ0n) is 11.4. The largest absolute Gasteiger partial charge is 0.494 e. The highest BCUT2D eigenvalue weighted by Gasteiger charge is 2.12. The summed E-state index contributed by atoms with van der Waals surface area (Å²) < 4.78 is 31.5. The summed E-state index contributed by atoms with van der Waals surface area (Å²) in [6.07, 6.45) is 0. The molecule has 21 heavy (non-hydrogen) atoms. The minimum absolute atomic E-state index is 0.251.